The lowest BCUT2D eigenvalue weighted by atomic mass is 10.0. The van der Waals surface area contributed by atoms with Gasteiger partial charge in [-0.1, -0.05) is 11.6 Å². The fourth-order valence-electron chi connectivity index (χ4n) is 2.32. The van der Waals surface area contributed by atoms with E-state index in [1.54, 1.807) is 12.4 Å². The summed E-state index contributed by atoms with van der Waals surface area (Å²) in [5, 5.41) is 10.9. The first-order valence-electron chi connectivity index (χ1n) is 6.70. The Balaban J connectivity index is 1.96. The van der Waals surface area contributed by atoms with Gasteiger partial charge in [-0.25, -0.2) is 0 Å². The minimum atomic E-state index is -0.540. The van der Waals surface area contributed by atoms with Gasteiger partial charge in [-0.3, -0.25) is 9.88 Å². The molecule has 1 aliphatic rings. The largest absolute Gasteiger partial charge is 0.390 e. The molecule has 0 bridgehead atoms. The first kappa shape index (κ1) is 14.7. The topological polar surface area (TPSA) is 45.6 Å². The molecule has 0 saturated carbocycles. The Morgan fingerprint density at radius 1 is 1.58 bits per heavy atom. The Hall–Kier alpha value is -0.680. The first-order valence-corrected chi connectivity index (χ1v) is 7.08. The second kappa shape index (κ2) is 6.66. The number of hydrogen-bond acceptors (Lipinski definition) is 4. The van der Waals surface area contributed by atoms with Crippen LogP contribution in [0.15, 0.2) is 18.5 Å². The quantitative estimate of drug-likeness (QED) is 0.915. The minimum absolute atomic E-state index is 0.152. The molecule has 2 atom stereocenters. The van der Waals surface area contributed by atoms with Crippen molar-refractivity contribution >= 4 is 11.6 Å². The molecule has 2 heterocycles. The van der Waals surface area contributed by atoms with Crippen LogP contribution < -0.4 is 0 Å². The highest BCUT2D eigenvalue weighted by Gasteiger charge is 2.28. The van der Waals surface area contributed by atoms with Crippen LogP contribution in [0.4, 0.5) is 0 Å². The SMILES string of the molecule is CC(C)N1CCOC(C(O)Cc2ccncc2Cl)C1. The summed E-state index contributed by atoms with van der Waals surface area (Å²) in [6.07, 6.45) is 3.10. The van der Waals surface area contributed by atoms with Crippen LogP contribution in [0.2, 0.25) is 5.02 Å². The Morgan fingerprint density at radius 3 is 3.05 bits per heavy atom. The number of morpholine rings is 1. The van der Waals surface area contributed by atoms with Crippen LogP contribution in [0.5, 0.6) is 0 Å². The van der Waals surface area contributed by atoms with E-state index in [2.05, 4.69) is 23.7 Å². The second-order valence-electron chi connectivity index (χ2n) is 5.24. The molecule has 1 N–H and O–H groups in total. The van der Waals surface area contributed by atoms with Gasteiger partial charge in [0.1, 0.15) is 0 Å². The first-order chi connectivity index (χ1) is 9.08. The van der Waals surface area contributed by atoms with Crippen molar-refractivity contribution in [1.29, 1.82) is 0 Å². The number of aromatic nitrogens is 1. The van der Waals surface area contributed by atoms with E-state index < -0.39 is 6.10 Å². The summed E-state index contributed by atoms with van der Waals surface area (Å²) in [4.78, 5) is 6.27. The van der Waals surface area contributed by atoms with Gasteiger partial charge in [0.2, 0.25) is 0 Å². The molecule has 1 aromatic rings. The van der Waals surface area contributed by atoms with E-state index in [0.717, 1.165) is 18.7 Å². The van der Waals surface area contributed by atoms with Crippen LogP contribution >= 0.6 is 11.6 Å². The van der Waals surface area contributed by atoms with Gasteiger partial charge in [0.15, 0.2) is 0 Å². The number of ether oxygens (including phenoxy) is 1. The summed E-state index contributed by atoms with van der Waals surface area (Å²) in [6.45, 7) is 6.69. The highest BCUT2D eigenvalue weighted by atomic mass is 35.5. The lowest BCUT2D eigenvalue weighted by Crippen LogP contribution is -2.50. The van der Waals surface area contributed by atoms with Crippen LogP contribution in [-0.2, 0) is 11.2 Å². The van der Waals surface area contributed by atoms with Crippen LogP contribution in [0.25, 0.3) is 0 Å². The van der Waals surface area contributed by atoms with Crippen molar-refractivity contribution in [2.75, 3.05) is 19.7 Å². The van der Waals surface area contributed by atoms with Crippen molar-refractivity contribution in [2.24, 2.45) is 0 Å². The summed E-state index contributed by atoms with van der Waals surface area (Å²) >= 11 is 6.06. The Bertz CT molecular complexity index is 414. The maximum Gasteiger partial charge on any atom is 0.0964 e. The third-order valence-corrected chi connectivity index (χ3v) is 3.91. The van der Waals surface area contributed by atoms with Gasteiger partial charge in [-0.2, -0.15) is 0 Å². The van der Waals surface area contributed by atoms with Gasteiger partial charge in [0.05, 0.1) is 23.8 Å². The van der Waals surface area contributed by atoms with Gasteiger partial charge in [-0.15, -0.1) is 0 Å². The molecule has 106 valence electrons. The van der Waals surface area contributed by atoms with Crippen molar-refractivity contribution in [3.63, 3.8) is 0 Å². The van der Waals surface area contributed by atoms with Gasteiger partial charge < -0.3 is 9.84 Å². The summed E-state index contributed by atoms with van der Waals surface area (Å²) in [7, 11) is 0. The van der Waals surface area contributed by atoms with Gasteiger partial charge in [0.25, 0.3) is 0 Å². The molecule has 0 radical (unpaired) electrons. The normalized spacial score (nSPS) is 22.7. The molecule has 1 fully saturated rings. The number of halogens is 1. The molecule has 5 heteroatoms. The second-order valence-corrected chi connectivity index (χ2v) is 5.64. The van der Waals surface area contributed by atoms with Gasteiger partial charge in [-0.05, 0) is 25.5 Å². The maximum atomic E-state index is 10.3. The van der Waals surface area contributed by atoms with Gasteiger partial charge in [0, 0.05) is 37.9 Å². The molecule has 1 saturated heterocycles. The zero-order valence-corrected chi connectivity index (χ0v) is 12.2. The van der Waals surface area contributed by atoms with E-state index in [4.69, 9.17) is 16.3 Å². The van der Waals surface area contributed by atoms with E-state index in [0.29, 0.717) is 24.1 Å². The van der Waals surface area contributed by atoms with Crippen LogP contribution in [0.3, 0.4) is 0 Å². The number of aliphatic hydroxyl groups is 1. The molecule has 0 amide bonds. The number of rotatable bonds is 4. The summed E-state index contributed by atoms with van der Waals surface area (Å²) < 4.78 is 5.68. The zero-order valence-electron chi connectivity index (χ0n) is 11.4. The van der Waals surface area contributed by atoms with Crippen LogP contribution in [0.1, 0.15) is 19.4 Å². The number of aliphatic hydroxyl groups excluding tert-OH is 1. The minimum Gasteiger partial charge on any atom is -0.390 e. The molecule has 1 aromatic heterocycles. The van der Waals surface area contributed by atoms with Crippen molar-refractivity contribution in [3.05, 3.63) is 29.0 Å². The lowest BCUT2D eigenvalue weighted by Gasteiger charge is -2.37. The number of nitrogens with zero attached hydrogens (tertiary/aromatic N) is 2. The summed E-state index contributed by atoms with van der Waals surface area (Å²) in [6, 6.07) is 2.32. The average molecular weight is 285 g/mol. The maximum absolute atomic E-state index is 10.3. The standard InChI is InChI=1S/C14H21ClN2O2/c1-10(2)17-5-6-19-14(9-17)13(18)7-11-3-4-16-8-12(11)15/h3-4,8,10,13-14,18H,5-7,9H2,1-2H3. The smallest absolute Gasteiger partial charge is 0.0964 e. The van der Waals surface area contributed by atoms with Crippen molar-refractivity contribution in [3.8, 4) is 0 Å². The molecule has 0 aliphatic carbocycles. The number of pyridine rings is 1. The molecule has 0 spiro atoms. The van der Waals surface area contributed by atoms with Gasteiger partial charge >= 0.3 is 0 Å². The highest BCUT2D eigenvalue weighted by Crippen LogP contribution is 2.19. The molecular weight excluding hydrogens is 264 g/mol. The molecular formula is C14H21ClN2O2. The van der Waals surface area contributed by atoms with E-state index in [1.165, 1.54) is 0 Å². The molecule has 2 unspecified atom stereocenters. The van der Waals surface area contributed by atoms with Crippen LogP contribution in [0, 0.1) is 0 Å². The Kier molecular flexibility index (Phi) is 5.16. The summed E-state index contributed by atoms with van der Waals surface area (Å²) in [5.74, 6) is 0. The number of hydrogen-bond donors (Lipinski definition) is 1. The molecule has 0 aromatic carbocycles. The monoisotopic (exact) mass is 284 g/mol. The summed E-state index contributed by atoms with van der Waals surface area (Å²) in [5.41, 5.74) is 0.912. The lowest BCUT2D eigenvalue weighted by molar-refractivity contribution is -0.0940. The third kappa shape index (κ3) is 3.89. The van der Waals surface area contributed by atoms with Crippen molar-refractivity contribution < 1.29 is 9.84 Å². The predicted octanol–water partition coefficient (Wildman–Crippen LogP) is 1.75. The van der Waals surface area contributed by atoms with E-state index >= 15 is 0 Å². The fraction of sp³-hybridized carbons (Fsp3) is 0.643. The third-order valence-electron chi connectivity index (χ3n) is 3.57. The van der Waals surface area contributed by atoms with E-state index in [9.17, 15) is 5.11 Å². The van der Waals surface area contributed by atoms with Crippen LogP contribution in [-0.4, -0.2) is 52.9 Å². The predicted molar refractivity (Wildman–Crippen MR) is 75.4 cm³/mol. The molecule has 4 nitrogen and oxygen atoms in total. The Labute approximate surface area is 119 Å². The average Bonchev–Trinajstić information content (AvgIpc) is 2.41. The molecule has 19 heavy (non-hydrogen) atoms. The molecule has 1 aliphatic heterocycles. The van der Waals surface area contributed by atoms with Crippen molar-refractivity contribution in [1.82, 2.24) is 9.88 Å². The van der Waals surface area contributed by atoms with E-state index in [1.807, 2.05) is 6.07 Å². The fourth-order valence-corrected chi connectivity index (χ4v) is 2.52. The van der Waals surface area contributed by atoms with Crippen molar-refractivity contribution in [2.45, 2.75) is 38.5 Å². The Morgan fingerprint density at radius 2 is 2.37 bits per heavy atom. The zero-order chi connectivity index (χ0) is 13.8. The van der Waals surface area contributed by atoms with E-state index in [-0.39, 0.29) is 6.10 Å². The highest BCUT2D eigenvalue weighted by molar-refractivity contribution is 6.31. The molecule has 2 rings (SSSR count).